The average Bonchev–Trinajstić information content (AvgIpc) is 2.55. The van der Waals surface area contributed by atoms with Crippen molar-refractivity contribution in [2.45, 2.75) is 23.9 Å². The molecule has 0 aliphatic carbocycles. The van der Waals surface area contributed by atoms with Gasteiger partial charge in [0.2, 0.25) is 0 Å². The number of nitrogens with zero attached hydrogens (tertiary/aromatic N) is 2. The number of aryl methyl sites for hydroxylation is 1. The molecule has 0 saturated heterocycles. The number of thioether (sulfide) groups is 1. The molecule has 2 aromatic rings. The zero-order chi connectivity index (χ0) is 16.6. The van der Waals surface area contributed by atoms with Gasteiger partial charge in [0.15, 0.2) is 0 Å². The highest BCUT2D eigenvalue weighted by Gasteiger charge is 2.21. The van der Waals surface area contributed by atoms with Crippen molar-refractivity contribution in [3.63, 3.8) is 0 Å². The molecule has 5 nitrogen and oxygen atoms in total. The van der Waals surface area contributed by atoms with Gasteiger partial charge in [-0.3, -0.25) is 9.36 Å². The molecule has 1 aromatic carbocycles. The summed E-state index contributed by atoms with van der Waals surface area (Å²) >= 11 is 7.94. The van der Waals surface area contributed by atoms with Crippen molar-refractivity contribution in [2.24, 2.45) is 14.1 Å². The van der Waals surface area contributed by atoms with Crippen LogP contribution in [0.3, 0.4) is 0 Å². The smallest absolute Gasteiger partial charge is 0.306 e. The monoisotopic (exact) mass is 351 g/mol. The minimum atomic E-state index is -0.315. The molecule has 3 rings (SSSR count). The third-order valence-corrected chi connectivity index (χ3v) is 5.43. The first-order chi connectivity index (χ1) is 11.0. The molecule has 1 aromatic heterocycles. The maximum atomic E-state index is 12.2. The normalized spacial score (nSPS) is 17.1. The minimum absolute atomic E-state index is 0.159. The fourth-order valence-electron chi connectivity index (χ4n) is 2.81. The first kappa shape index (κ1) is 16.4. The van der Waals surface area contributed by atoms with Gasteiger partial charge < -0.3 is 9.88 Å². The van der Waals surface area contributed by atoms with Crippen LogP contribution in [0.25, 0.3) is 0 Å². The molecule has 2 heterocycles. The summed E-state index contributed by atoms with van der Waals surface area (Å²) in [7, 11) is 3.15. The van der Waals surface area contributed by atoms with Crippen LogP contribution in [0.15, 0.2) is 38.9 Å². The number of hydrogen-bond acceptors (Lipinski definition) is 4. The van der Waals surface area contributed by atoms with Crippen LogP contribution in [0.1, 0.15) is 23.6 Å². The molecule has 0 bridgehead atoms. The van der Waals surface area contributed by atoms with E-state index in [4.69, 9.17) is 11.6 Å². The van der Waals surface area contributed by atoms with Crippen molar-refractivity contribution < 1.29 is 0 Å². The Morgan fingerprint density at radius 1 is 1.35 bits per heavy atom. The van der Waals surface area contributed by atoms with E-state index in [1.54, 1.807) is 13.2 Å². The Kier molecular flexibility index (Phi) is 4.66. The lowest BCUT2D eigenvalue weighted by molar-refractivity contribution is 0.502. The Morgan fingerprint density at radius 3 is 2.91 bits per heavy atom. The maximum absolute atomic E-state index is 12.2. The van der Waals surface area contributed by atoms with Crippen LogP contribution in [0, 0.1) is 0 Å². The zero-order valence-corrected chi connectivity index (χ0v) is 14.6. The van der Waals surface area contributed by atoms with Crippen molar-refractivity contribution in [2.75, 3.05) is 5.75 Å². The van der Waals surface area contributed by atoms with Crippen molar-refractivity contribution in [1.29, 1.82) is 0 Å². The second-order valence-electron chi connectivity index (χ2n) is 5.66. The average molecular weight is 352 g/mol. The van der Waals surface area contributed by atoms with Gasteiger partial charge in [0.1, 0.15) is 0 Å². The SMILES string of the molecule is Cn1cc(CNC2CCSc3ccc(Cl)cc32)c(=O)n(C)c1=O. The molecular formula is C16H18ClN3O2S. The van der Waals surface area contributed by atoms with Crippen LogP contribution >= 0.6 is 23.4 Å². The molecule has 1 aliphatic heterocycles. The standard InChI is InChI=1S/C16H18ClN3O2S/c1-19-9-10(15(21)20(2)16(19)22)8-18-13-5-6-23-14-4-3-11(17)7-12(13)14/h3-4,7,9,13,18H,5-6,8H2,1-2H3. The lowest BCUT2D eigenvalue weighted by atomic mass is 10.0. The molecule has 0 saturated carbocycles. The lowest BCUT2D eigenvalue weighted by Gasteiger charge is -2.26. The second kappa shape index (κ2) is 6.55. The molecule has 7 heteroatoms. The van der Waals surface area contributed by atoms with Crippen LogP contribution < -0.4 is 16.6 Å². The van der Waals surface area contributed by atoms with E-state index in [9.17, 15) is 9.59 Å². The van der Waals surface area contributed by atoms with E-state index < -0.39 is 0 Å². The molecule has 0 amide bonds. The molecule has 1 aliphatic rings. The van der Waals surface area contributed by atoms with Gasteiger partial charge >= 0.3 is 5.69 Å². The maximum Gasteiger partial charge on any atom is 0.330 e. The number of halogens is 1. The predicted molar refractivity (Wildman–Crippen MR) is 93.3 cm³/mol. The Bertz CT molecular complexity index is 859. The van der Waals surface area contributed by atoms with Crippen molar-refractivity contribution in [1.82, 2.24) is 14.5 Å². The summed E-state index contributed by atoms with van der Waals surface area (Å²) < 4.78 is 2.57. The highest BCUT2D eigenvalue weighted by Crippen LogP contribution is 2.37. The van der Waals surface area contributed by atoms with Gasteiger partial charge in [-0.25, -0.2) is 4.79 Å². The van der Waals surface area contributed by atoms with E-state index in [1.807, 2.05) is 30.0 Å². The van der Waals surface area contributed by atoms with Gasteiger partial charge in [-0.05, 0) is 35.9 Å². The molecule has 1 atom stereocenters. The van der Waals surface area contributed by atoms with E-state index in [-0.39, 0.29) is 17.3 Å². The number of nitrogens with one attached hydrogen (secondary N) is 1. The van der Waals surface area contributed by atoms with Crippen LogP contribution in [-0.4, -0.2) is 14.9 Å². The number of aromatic nitrogens is 2. The topological polar surface area (TPSA) is 56.0 Å². The summed E-state index contributed by atoms with van der Waals surface area (Å²) in [5.41, 5.74) is 1.19. The number of rotatable bonds is 3. The first-order valence-corrected chi connectivity index (χ1v) is 8.75. The lowest BCUT2D eigenvalue weighted by Crippen LogP contribution is -2.40. The highest BCUT2D eigenvalue weighted by molar-refractivity contribution is 7.99. The zero-order valence-electron chi connectivity index (χ0n) is 13.0. The van der Waals surface area contributed by atoms with Gasteiger partial charge in [0.05, 0.1) is 0 Å². The van der Waals surface area contributed by atoms with Crippen molar-refractivity contribution in [3.05, 3.63) is 61.4 Å². The van der Waals surface area contributed by atoms with Gasteiger partial charge in [0.25, 0.3) is 5.56 Å². The Labute approximate surface area is 143 Å². The van der Waals surface area contributed by atoms with Crippen LogP contribution in [-0.2, 0) is 20.6 Å². The Hall–Kier alpha value is -1.50. The number of hydrogen-bond donors (Lipinski definition) is 1. The van der Waals surface area contributed by atoms with E-state index in [0.29, 0.717) is 12.1 Å². The van der Waals surface area contributed by atoms with Gasteiger partial charge in [0, 0.05) is 48.4 Å². The van der Waals surface area contributed by atoms with Gasteiger partial charge in [-0.2, -0.15) is 0 Å². The molecule has 0 spiro atoms. The van der Waals surface area contributed by atoms with Gasteiger partial charge in [-0.15, -0.1) is 11.8 Å². The Morgan fingerprint density at radius 2 is 2.13 bits per heavy atom. The van der Waals surface area contributed by atoms with Crippen molar-refractivity contribution >= 4 is 23.4 Å². The molecule has 1 N–H and O–H groups in total. The predicted octanol–water partition coefficient (Wildman–Crippen LogP) is 2.06. The van der Waals surface area contributed by atoms with Crippen LogP contribution in [0.2, 0.25) is 5.02 Å². The van der Waals surface area contributed by atoms with Crippen LogP contribution in [0.4, 0.5) is 0 Å². The summed E-state index contributed by atoms with van der Waals surface area (Å²) in [5.74, 6) is 1.03. The molecule has 0 radical (unpaired) electrons. The minimum Gasteiger partial charge on any atom is -0.306 e. The summed E-state index contributed by atoms with van der Waals surface area (Å²) in [5, 5.41) is 4.15. The first-order valence-electron chi connectivity index (χ1n) is 7.38. The van der Waals surface area contributed by atoms with Crippen molar-refractivity contribution in [3.8, 4) is 0 Å². The molecule has 1 unspecified atom stereocenters. The second-order valence-corrected chi connectivity index (χ2v) is 7.24. The molecule has 0 fully saturated rings. The quantitative estimate of drug-likeness (QED) is 0.919. The number of benzene rings is 1. The molecule has 23 heavy (non-hydrogen) atoms. The summed E-state index contributed by atoms with van der Waals surface area (Å²) in [4.78, 5) is 25.2. The summed E-state index contributed by atoms with van der Waals surface area (Å²) in [6.07, 6.45) is 2.58. The summed E-state index contributed by atoms with van der Waals surface area (Å²) in [6.45, 7) is 0.419. The fraction of sp³-hybridized carbons (Fsp3) is 0.375. The van der Waals surface area contributed by atoms with Crippen LogP contribution in [0.5, 0.6) is 0 Å². The number of fused-ring (bicyclic) bond motifs is 1. The van der Waals surface area contributed by atoms with E-state index in [1.165, 1.54) is 22.1 Å². The highest BCUT2D eigenvalue weighted by atomic mass is 35.5. The Balaban J connectivity index is 1.85. The largest absolute Gasteiger partial charge is 0.330 e. The van der Waals surface area contributed by atoms with E-state index >= 15 is 0 Å². The van der Waals surface area contributed by atoms with E-state index in [2.05, 4.69) is 5.32 Å². The van der Waals surface area contributed by atoms with E-state index in [0.717, 1.165) is 21.8 Å². The fourth-order valence-corrected chi connectivity index (χ4v) is 4.10. The third-order valence-electron chi connectivity index (χ3n) is 4.07. The van der Waals surface area contributed by atoms with Gasteiger partial charge in [-0.1, -0.05) is 11.6 Å². The molecule has 122 valence electrons. The third kappa shape index (κ3) is 3.24. The molecular weight excluding hydrogens is 334 g/mol. The summed E-state index contributed by atoms with van der Waals surface area (Å²) in [6, 6.07) is 6.09.